The number of hydrogen-bond donors (Lipinski definition) is 5. The quantitative estimate of drug-likeness (QED) is 0.0412. The molecule has 0 bridgehead atoms. The number of carbonyl (C=O) groups excluding carboxylic acids is 4. The molecule has 1 unspecified atom stereocenters. The van der Waals surface area contributed by atoms with E-state index in [1.54, 1.807) is 7.05 Å². The number of carbonyl (C=O) groups is 5. The number of carboxylic acid groups (broad SMARTS) is 1. The first kappa shape index (κ1) is 33.9. The third kappa shape index (κ3) is 7.43. The van der Waals surface area contributed by atoms with Crippen molar-refractivity contribution in [3.8, 4) is 5.75 Å². The van der Waals surface area contributed by atoms with Crippen LogP contribution in [0.1, 0.15) is 5.69 Å². The Kier molecular flexibility index (Phi) is 10.5. The summed E-state index contributed by atoms with van der Waals surface area (Å²) in [5.41, 5.74) is -0.310. The Morgan fingerprint density at radius 1 is 1.30 bits per heavy atom. The van der Waals surface area contributed by atoms with Crippen LogP contribution in [-0.4, -0.2) is 106 Å². The zero-order valence-corrected chi connectivity index (χ0v) is 27.5. The summed E-state index contributed by atoms with van der Waals surface area (Å²) in [5.74, 6) is -3.67. The van der Waals surface area contributed by atoms with E-state index in [0.717, 1.165) is 16.2 Å². The Hall–Kier alpha value is -4.44. The van der Waals surface area contributed by atoms with Gasteiger partial charge in [0, 0.05) is 29.0 Å². The molecular formula is C24H20Cl2N10O8S3. The number of phenolic OH excluding ortho intramolecular Hbond substituents is 1. The number of rotatable bonds is 13. The summed E-state index contributed by atoms with van der Waals surface area (Å²) in [6.45, 7) is -0.740. The molecule has 0 radical (unpaired) electrons. The first-order chi connectivity index (χ1) is 22.5. The van der Waals surface area contributed by atoms with Crippen LogP contribution < -0.4 is 16.0 Å². The third-order valence-corrected chi connectivity index (χ3v) is 10.0. The number of amides is 4. The Labute approximate surface area is 285 Å². The number of benzene rings is 1. The number of carboxylic acids is 1. The van der Waals surface area contributed by atoms with Crippen LogP contribution in [0.25, 0.3) is 0 Å². The number of aromatic nitrogens is 5. The zero-order valence-electron chi connectivity index (χ0n) is 23.5. The van der Waals surface area contributed by atoms with E-state index in [4.69, 9.17) is 28.0 Å². The second-order valence-electron chi connectivity index (χ2n) is 9.34. The highest BCUT2D eigenvalue weighted by molar-refractivity contribution is 8.01. The second kappa shape index (κ2) is 14.5. The van der Waals surface area contributed by atoms with Gasteiger partial charge in [-0.15, -0.1) is 28.2 Å². The molecule has 23 heteroatoms. The van der Waals surface area contributed by atoms with E-state index in [9.17, 15) is 34.2 Å². The molecule has 3 aromatic rings. The number of thiazole rings is 1. The van der Waals surface area contributed by atoms with Gasteiger partial charge in [0.05, 0.1) is 10.7 Å². The minimum atomic E-state index is -1.31. The lowest BCUT2D eigenvalue weighted by Gasteiger charge is -2.49. The minimum Gasteiger partial charge on any atom is -0.504 e. The Morgan fingerprint density at radius 2 is 2.09 bits per heavy atom. The van der Waals surface area contributed by atoms with Gasteiger partial charge in [-0.3, -0.25) is 24.1 Å². The summed E-state index contributed by atoms with van der Waals surface area (Å²) < 4.78 is 1.43. The van der Waals surface area contributed by atoms with Crippen molar-refractivity contribution >= 4 is 105 Å². The first-order valence-electron chi connectivity index (χ1n) is 12.9. The molecule has 4 amide bonds. The highest BCUT2D eigenvalue weighted by Crippen LogP contribution is 2.41. The standard InChI is InChI=1S/C24H20Cl2N10O8S3/c1-35-24(31-33-34-35)47-6-9-5-45-21-16(20(41)36(21)17(9)22(42)43)30-19(40)15(13-7-46-23(29-13)27-8-37)32-44-4-14(38)28-12-3-10(25)2-11(26)18(12)39/h2-3,7-8,16,21,39H,4-6H2,1H3,(H,28,38)(H,30,40)(H,42,43)(H,27,29,37)/t16?,21-/m0/s1. The van der Waals surface area contributed by atoms with Crippen molar-refractivity contribution in [2.75, 3.05) is 28.7 Å². The number of nitrogens with one attached hydrogen (secondary N) is 3. The number of aliphatic carboxylic acids is 1. The van der Waals surface area contributed by atoms with E-state index in [1.165, 1.54) is 45.7 Å². The smallest absolute Gasteiger partial charge is 0.352 e. The molecule has 18 nitrogen and oxygen atoms in total. The van der Waals surface area contributed by atoms with Crippen molar-refractivity contribution in [1.82, 2.24) is 35.4 Å². The van der Waals surface area contributed by atoms with E-state index in [0.29, 0.717) is 17.1 Å². The molecular weight excluding hydrogens is 723 g/mol. The van der Waals surface area contributed by atoms with Crippen molar-refractivity contribution in [3.05, 3.63) is 44.5 Å². The molecule has 0 aliphatic carbocycles. The monoisotopic (exact) mass is 742 g/mol. The van der Waals surface area contributed by atoms with Crippen LogP contribution in [0.15, 0.2) is 39.1 Å². The molecule has 1 saturated heterocycles. The van der Waals surface area contributed by atoms with Gasteiger partial charge in [0.1, 0.15) is 22.8 Å². The number of aromatic hydroxyl groups is 1. The van der Waals surface area contributed by atoms with Gasteiger partial charge in [0.2, 0.25) is 11.6 Å². The van der Waals surface area contributed by atoms with E-state index in [1.807, 2.05) is 0 Å². The van der Waals surface area contributed by atoms with Gasteiger partial charge in [0.15, 0.2) is 23.2 Å². The molecule has 5 rings (SSSR count). The predicted octanol–water partition coefficient (Wildman–Crippen LogP) is 1.14. The molecule has 1 aromatic carbocycles. The topological polar surface area (TPSA) is 243 Å². The summed E-state index contributed by atoms with van der Waals surface area (Å²) in [6.07, 6.45) is 0.379. The average Bonchev–Trinajstić information content (AvgIpc) is 3.67. The average molecular weight is 744 g/mol. The van der Waals surface area contributed by atoms with Crippen LogP contribution >= 0.6 is 58.1 Å². The predicted molar refractivity (Wildman–Crippen MR) is 170 cm³/mol. The lowest BCUT2D eigenvalue weighted by Crippen LogP contribution is -2.71. The third-order valence-electron chi connectivity index (χ3n) is 6.29. The summed E-state index contributed by atoms with van der Waals surface area (Å²) in [7, 11) is 1.64. The molecule has 1 fully saturated rings. The van der Waals surface area contributed by atoms with E-state index < -0.39 is 53.2 Å². The van der Waals surface area contributed by atoms with Crippen LogP contribution in [0.5, 0.6) is 5.75 Å². The highest BCUT2D eigenvalue weighted by atomic mass is 35.5. The van der Waals surface area contributed by atoms with Crippen LogP contribution in [0.4, 0.5) is 10.8 Å². The number of oxime groups is 1. The van der Waals surface area contributed by atoms with Crippen LogP contribution in [0, 0.1) is 0 Å². The largest absolute Gasteiger partial charge is 0.504 e. The molecule has 4 heterocycles. The molecule has 246 valence electrons. The highest BCUT2D eigenvalue weighted by Gasteiger charge is 2.54. The summed E-state index contributed by atoms with van der Waals surface area (Å²) in [4.78, 5) is 72.5. The summed E-state index contributed by atoms with van der Waals surface area (Å²) in [6, 6.07) is 1.40. The molecule has 2 aliphatic rings. The van der Waals surface area contributed by atoms with Gasteiger partial charge in [0.25, 0.3) is 17.7 Å². The molecule has 2 aliphatic heterocycles. The Balaban J connectivity index is 1.29. The maximum Gasteiger partial charge on any atom is 0.352 e. The maximum atomic E-state index is 13.4. The molecule has 2 atom stereocenters. The number of aryl methyl sites for hydroxylation is 1. The summed E-state index contributed by atoms with van der Waals surface area (Å²) in [5, 5.41) is 43.4. The number of fused-ring (bicyclic) bond motifs is 1. The van der Waals surface area contributed by atoms with Gasteiger partial charge in [-0.2, -0.15) is 0 Å². The number of thioether (sulfide) groups is 2. The Morgan fingerprint density at radius 3 is 2.79 bits per heavy atom. The number of β-lactam (4-membered cyclic amide) rings is 1. The molecule has 5 N–H and O–H groups in total. The van der Waals surface area contributed by atoms with Crippen molar-refractivity contribution in [2.45, 2.75) is 16.6 Å². The minimum absolute atomic E-state index is 0.0554. The summed E-state index contributed by atoms with van der Waals surface area (Å²) >= 11 is 15.2. The first-order valence-corrected chi connectivity index (χ1v) is 16.5. The molecule has 47 heavy (non-hydrogen) atoms. The van der Waals surface area contributed by atoms with Crippen LogP contribution in [0.2, 0.25) is 10.0 Å². The number of tetrazole rings is 1. The van der Waals surface area contributed by atoms with Gasteiger partial charge in [-0.05, 0) is 28.1 Å². The fourth-order valence-corrected chi connectivity index (χ4v) is 7.69. The number of anilines is 2. The van der Waals surface area contributed by atoms with Crippen molar-refractivity contribution in [2.24, 2.45) is 12.2 Å². The van der Waals surface area contributed by atoms with E-state index >= 15 is 0 Å². The van der Waals surface area contributed by atoms with Crippen LogP contribution in [-0.2, 0) is 35.9 Å². The van der Waals surface area contributed by atoms with Gasteiger partial charge in [-0.1, -0.05) is 40.1 Å². The van der Waals surface area contributed by atoms with Gasteiger partial charge >= 0.3 is 5.97 Å². The zero-order chi connectivity index (χ0) is 33.8. The fourth-order valence-electron chi connectivity index (χ4n) is 4.21. The van der Waals surface area contributed by atoms with Crippen molar-refractivity contribution in [1.29, 1.82) is 0 Å². The van der Waals surface area contributed by atoms with Gasteiger partial charge < -0.3 is 31.0 Å². The SMILES string of the molecule is Cn1nnnc1SCC1=C(C(=O)O)N2C(=O)C(NC(=O)C(=NOCC(=O)Nc3cc(Cl)cc(Cl)c3O)c3csc(NC=O)n3)[C@@H]2SC1. The van der Waals surface area contributed by atoms with Crippen LogP contribution in [0.3, 0.4) is 0 Å². The molecule has 0 saturated carbocycles. The lowest BCUT2D eigenvalue weighted by atomic mass is 10.0. The molecule has 2 aromatic heterocycles. The molecule has 0 spiro atoms. The van der Waals surface area contributed by atoms with E-state index in [-0.39, 0.29) is 43.8 Å². The van der Waals surface area contributed by atoms with Crippen molar-refractivity contribution < 1.29 is 39.0 Å². The number of phenols is 1. The maximum absolute atomic E-state index is 13.4. The number of halogens is 2. The van der Waals surface area contributed by atoms with Gasteiger partial charge in [-0.25, -0.2) is 14.5 Å². The number of nitrogens with zero attached hydrogens (tertiary/aromatic N) is 7. The lowest BCUT2D eigenvalue weighted by molar-refractivity contribution is -0.150. The fraction of sp³-hybridized carbons (Fsp3) is 0.250. The van der Waals surface area contributed by atoms with Crippen molar-refractivity contribution in [3.63, 3.8) is 0 Å². The normalized spacial score (nSPS) is 17.5. The van der Waals surface area contributed by atoms with E-state index in [2.05, 4.69) is 41.6 Å². The second-order valence-corrected chi connectivity index (χ2v) is 13.1. The Bertz CT molecular complexity index is 1830. The number of hydrogen-bond acceptors (Lipinski definition) is 15.